The highest BCUT2D eigenvalue weighted by atomic mass is 31.2. The van der Waals surface area contributed by atoms with Crippen molar-refractivity contribution in [1.29, 1.82) is 0 Å². The number of hydrogen-bond acceptors (Lipinski definition) is 6. The Labute approximate surface area is 119 Å². The molecule has 0 aromatic rings. The predicted octanol–water partition coefficient (Wildman–Crippen LogP) is 0.296. The smallest absolute Gasteiger partial charge is 0.339 e. The Morgan fingerprint density at radius 2 is 1.95 bits per heavy atom. The van der Waals surface area contributed by atoms with Gasteiger partial charge < -0.3 is 24.5 Å². The number of hydrogen-bond donors (Lipinski definition) is 4. The molecule has 20 heavy (non-hydrogen) atoms. The SMILES string of the molecule is CCCO[PH](=O)CN(CCNCP(=O)(O)O)C[PH](=O)O. The fourth-order valence-corrected chi connectivity index (χ4v) is 3.79. The third kappa shape index (κ3) is 13.4. The first kappa shape index (κ1) is 20.5. The largest absolute Gasteiger partial charge is 0.345 e. The highest BCUT2D eigenvalue weighted by Crippen LogP contribution is 2.32. The van der Waals surface area contributed by atoms with E-state index in [4.69, 9.17) is 19.2 Å². The predicted molar refractivity (Wildman–Crippen MR) is 77.8 cm³/mol. The van der Waals surface area contributed by atoms with Crippen LogP contribution in [-0.2, 0) is 18.2 Å². The molecule has 9 nitrogen and oxygen atoms in total. The summed E-state index contributed by atoms with van der Waals surface area (Å²) in [5.74, 6) is 0. The molecule has 0 aliphatic carbocycles. The van der Waals surface area contributed by atoms with Gasteiger partial charge in [-0.2, -0.15) is 0 Å². The molecule has 0 bridgehead atoms. The van der Waals surface area contributed by atoms with Gasteiger partial charge in [-0.25, -0.2) is 0 Å². The minimum Gasteiger partial charge on any atom is -0.345 e. The van der Waals surface area contributed by atoms with Gasteiger partial charge in [0.25, 0.3) is 0 Å². The summed E-state index contributed by atoms with van der Waals surface area (Å²) < 4.78 is 38.1. The van der Waals surface area contributed by atoms with Gasteiger partial charge in [-0.1, -0.05) is 6.92 Å². The van der Waals surface area contributed by atoms with Crippen LogP contribution in [0.15, 0.2) is 0 Å². The van der Waals surface area contributed by atoms with Crippen molar-refractivity contribution in [2.75, 3.05) is 38.6 Å². The molecule has 0 aliphatic rings. The standard InChI is InChI=1S/C8H23N2O7P3/c1-2-5-17-19(13)8-10(7-18(11)12)4-3-9-6-20(14,15)16/h9,18-19H,2-8H2,1H3,(H,11,12)(H2,14,15,16). The lowest BCUT2D eigenvalue weighted by atomic mass is 10.5. The maximum Gasteiger partial charge on any atom is 0.339 e. The van der Waals surface area contributed by atoms with Crippen molar-refractivity contribution < 1.29 is 32.9 Å². The summed E-state index contributed by atoms with van der Waals surface area (Å²) in [5.41, 5.74) is 0. The minimum absolute atomic E-state index is 0.0548. The summed E-state index contributed by atoms with van der Waals surface area (Å²) in [6, 6.07) is 0. The molecule has 0 spiro atoms. The topological polar surface area (TPSA) is 136 Å². The Morgan fingerprint density at radius 3 is 2.45 bits per heavy atom. The van der Waals surface area contributed by atoms with Crippen LogP contribution >= 0.6 is 23.7 Å². The molecule has 0 aromatic carbocycles. The second-order valence-corrected chi connectivity index (χ2v) is 8.25. The molecule has 0 amide bonds. The first-order valence-electron chi connectivity index (χ1n) is 6.09. The number of rotatable bonds is 12. The molecule has 0 aliphatic heterocycles. The van der Waals surface area contributed by atoms with Crippen molar-refractivity contribution in [3.63, 3.8) is 0 Å². The Kier molecular flexibility index (Phi) is 11.3. The second-order valence-electron chi connectivity index (χ2n) is 4.15. The van der Waals surface area contributed by atoms with Crippen molar-refractivity contribution in [3.05, 3.63) is 0 Å². The van der Waals surface area contributed by atoms with Crippen LogP contribution in [0.5, 0.6) is 0 Å². The van der Waals surface area contributed by atoms with Crippen molar-refractivity contribution >= 4 is 23.7 Å². The molecular formula is C8H23N2O7P3. The lowest BCUT2D eigenvalue weighted by Gasteiger charge is -2.20. The summed E-state index contributed by atoms with van der Waals surface area (Å²) in [6.45, 7) is 2.72. The van der Waals surface area contributed by atoms with Gasteiger partial charge in [0, 0.05) is 13.1 Å². The normalized spacial score (nSPS) is 15.4. The summed E-state index contributed by atoms with van der Waals surface area (Å²) >= 11 is 0. The molecular weight excluding hydrogens is 329 g/mol. The first-order valence-corrected chi connectivity index (χ1v) is 11.0. The highest BCUT2D eigenvalue weighted by Gasteiger charge is 2.14. The molecule has 0 saturated carbocycles. The lowest BCUT2D eigenvalue weighted by molar-refractivity contribution is 0.294. The van der Waals surface area contributed by atoms with Crippen LogP contribution in [0.3, 0.4) is 0 Å². The van der Waals surface area contributed by atoms with Crippen LogP contribution in [0.4, 0.5) is 0 Å². The van der Waals surface area contributed by atoms with Crippen LogP contribution in [0.2, 0.25) is 0 Å². The lowest BCUT2D eigenvalue weighted by Crippen LogP contribution is -2.32. The molecule has 12 heteroatoms. The quantitative estimate of drug-likeness (QED) is 0.289. The van der Waals surface area contributed by atoms with Gasteiger partial charge in [0.1, 0.15) is 0 Å². The van der Waals surface area contributed by atoms with Gasteiger partial charge in [0.15, 0.2) is 0 Å². The van der Waals surface area contributed by atoms with E-state index in [9.17, 15) is 13.7 Å². The molecule has 2 unspecified atom stereocenters. The minimum atomic E-state index is -4.11. The zero-order chi connectivity index (χ0) is 15.6. The third-order valence-electron chi connectivity index (χ3n) is 2.10. The Bertz CT molecular complexity index is 362. The highest BCUT2D eigenvalue weighted by molar-refractivity contribution is 7.51. The van der Waals surface area contributed by atoms with E-state index < -0.39 is 29.9 Å². The van der Waals surface area contributed by atoms with Crippen molar-refractivity contribution in [1.82, 2.24) is 10.2 Å². The van der Waals surface area contributed by atoms with E-state index in [1.165, 1.54) is 4.90 Å². The number of nitrogens with zero attached hydrogens (tertiary/aromatic N) is 1. The second kappa shape index (κ2) is 11.1. The number of nitrogens with one attached hydrogen (secondary N) is 1. The average molecular weight is 352 g/mol. The molecule has 0 fully saturated rings. The van der Waals surface area contributed by atoms with Crippen molar-refractivity contribution in [2.45, 2.75) is 13.3 Å². The van der Waals surface area contributed by atoms with E-state index >= 15 is 0 Å². The van der Waals surface area contributed by atoms with Crippen molar-refractivity contribution in [3.8, 4) is 0 Å². The van der Waals surface area contributed by atoms with E-state index in [0.717, 1.165) is 6.42 Å². The van der Waals surface area contributed by atoms with E-state index in [2.05, 4.69) is 5.32 Å². The summed E-state index contributed by atoms with van der Waals surface area (Å²) in [4.78, 5) is 27.7. The first-order chi connectivity index (χ1) is 9.24. The summed E-state index contributed by atoms with van der Waals surface area (Å²) in [5, 5.41) is 2.54. The van der Waals surface area contributed by atoms with Gasteiger partial charge in [0.05, 0.1) is 25.5 Å². The molecule has 2 atom stereocenters. The fraction of sp³-hybridized carbons (Fsp3) is 1.00. The summed E-state index contributed by atoms with van der Waals surface area (Å²) in [7, 11) is -9.16. The van der Waals surface area contributed by atoms with Gasteiger partial charge in [0.2, 0.25) is 16.1 Å². The zero-order valence-electron chi connectivity index (χ0n) is 11.3. The van der Waals surface area contributed by atoms with Crippen LogP contribution in [0.1, 0.15) is 13.3 Å². The summed E-state index contributed by atoms with van der Waals surface area (Å²) in [6.07, 6.45) is 0.209. The maximum atomic E-state index is 11.6. The van der Waals surface area contributed by atoms with Crippen LogP contribution < -0.4 is 5.32 Å². The fourth-order valence-electron chi connectivity index (χ4n) is 1.31. The van der Waals surface area contributed by atoms with Crippen LogP contribution in [0.25, 0.3) is 0 Å². The molecule has 0 radical (unpaired) electrons. The van der Waals surface area contributed by atoms with E-state index in [1.807, 2.05) is 6.92 Å². The molecule has 122 valence electrons. The Hall–Kier alpha value is 0.450. The van der Waals surface area contributed by atoms with Crippen LogP contribution in [-0.4, -0.2) is 58.1 Å². The average Bonchev–Trinajstić information content (AvgIpc) is 2.30. The Balaban J connectivity index is 4.11. The monoisotopic (exact) mass is 352 g/mol. The maximum absolute atomic E-state index is 11.6. The molecule has 0 rings (SSSR count). The van der Waals surface area contributed by atoms with E-state index in [1.54, 1.807) is 0 Å². The van der Waals surface area contributed by atoms with Gasteiger partial charge in [-0.05, 0) is 6.42 Å². The third-order valence-corrected chi connectivity index (χ3v) is 4.69. The molecule has 0 aromatic heterocycles. The van der Waals surface area contributed by atoms with Crippen molar-refractivity contribution in [2.24, 2.45) is 0 Å². The van der Waals surface area contributed by atoms with Crippen LogP contribution in [0, 0.1) is 0 Å². The van der Waals surface area contributed by atoms with Gasteiger partial charge in [-0.3, -0.25) is 18.6 Å². The molecule has 0 saturated heterocycles. The molecule has 4 N–H and O–H groups in total. The molecule has 0 heterocycles. The zero-order valence-corrected chi connectivity index (χ0v) is 14.2. The van der Waals surface area contributed by atoms with E-state index in [0.29, 0.717) is 6.61 Å². The van der Waals surface area contributed by atoms with E-state index in [-0.39, 0.29) is 25.7 Å². The van der Waals surface area contributed by atoms with Gasteiger partial charge >= 0.3 is 7.60 Å². The Morgan fingerprint density at radius 1 is 1.30 bits per heavy atom. The van der Waals surface area contributed by atoms with Gasteiger partial charge in [-0.15, -0.1) is 0 Å².